The van der Waals surface area contributed by atoms with Crippen molar-refractivity contribution in [2.45, 2.75) is 58.1 Å². The van der Waals surface area contributed by atoms with E-state index in [0.29, 0.717) is 26.2 Å². The van der Waals surface area contributed by atoms with Crippen LogP contribution >= 0.6 is 0 Å². The van der Waals surface area contributed by atoms with E-state index < -0.39 is 17.4 Å². The summed E-state index contributed by atoms with van der Waals surface area (Å²) in [6.45, 7) is 11.5. The van der Waals surface area contributed by atoms with Crippen LogP contribution in [0.1, 0.15) is 40.2 Å². The first-order valence-electron chi connectivity index (χ1n) is 10.3. The number of esters is 1. The molecule has 2 amide bonds. The van der Waals surface area contributed by atoms with Gasteiger partial charge in [0.2, 0.25) is 6.41 Å². The number of fused-ring (bicyclic) bond motifs is 1. The molecule has 1 N–H and O–H groups in total. The van der Waals surface area contributed by atoms with Crippen LogP contribution < -0.4 is 4.90 Å². The van der Waals surface area contributed by atoms with Gasteiger partial charge in [-0.1, -0.05) is 12.1 Å². The number of aliphatic hydroxyl groups excluding tert-OH is 1. The number of benzene rings is 1. The molecule has 0 spiro atoms. The Morgan fingerprint density at radius 3 is 2.30 bits per heavy atom. The number of urea groups is 1. The third kappa shape index (κ3) is 4.45. The van der Waals surface area contributed by atoms with Crippen LogP contribution in [0, 0.1) is 0 Å². The second-order valence-electron chi connectivity index (χ2n) is 9.46. The van der Waals surface area contributed by atoms with Gasteiger partial charge < -0.3 is 19.5 Å². The quantitative estimate of drug-likeness (QED) is 0.582. The van der Waals surface area contributed by atoms with Gasteiger partial charge in [-0.3, -0.25) is 14.6 Å². The fourth-order valence-corrected chi connectivity index (χ4v) is 3.97. The van der Waals surface area contributed by atoms with Crippen molar-refractivity contribution in [3.8, 4) is 0 Å². The van der Waals surface area contributed by atoms with Gasteiger partial charge >= 0.3 is 12.0 Å². The monoisotopic (exact) mass is 419 g/mol. The average molecular weight is 420 g/mol. The highest BCUT2D eigenvalue weighted by molar-refractivity contribution is 5.95. The normalized spacial score (nSPS) is 21.6. The number of amides is 2. The zero-order chi connectivity index (χ0) is 22.3. The fourth-order valence-electron chi connectivity index (χ4n) is 3.97. The third-order valence-electron chi connectivity index (χ3n) is 5.75. The number of nitrogens with zero attached hydrogens (tertiary/aromatic N) is 3. The minimum atomic E-state index is -0.990. The first-order chi connectivity index (χ1) is 13.9. The molecule has 1 unspecified atom stereocenters. The number of carbonyl (C=O) groups excluding carboxylic acids is 2. The molecule has 2 fully saturated rings. The molecule has 166 valence electrons. The van der Waals surface area contributed by atoms with Gasteiger partial charge in [-0.15, -0.1) is 0 Å². The fraction of sp³-hybridized carbons (Fsp3) is 0.636. The van der Waals surface area contributed by atoms with Crippen LogP contribution in [0.4, 0.5) is 10.5 Å². The lowest BCUT2D eigenvalue weighted by molar-refractivity contribution is -0.245. The summed E-state index contributed by atoms with van der Waals surface area (Å²) in [5.74, 6) is -0.305. The van der Waals surface area contributed by atoms with Crippen molar-refractivity contribution in [3.05, 3.63) is 29.8 Å². The van der Waals surface area contributed by atoms with Crippen molar-refractivity contribution in [3.63, 3.8) is 0 Å². The van der Waals surface area contributed by atoms with E-state index >= 15 is 0 Å². The SMILES string of the molecule is COC(=O)C(C)(C)c1ccc(N2C[C@@H]3CN(C(O)OC(C)(C)C)CCN3C2=O)cc1. The molecule has 2 aliphatic heterocycles. The van der Waals surface area contributed by atoms with Crippen LogP contribution in [0.3, 0.4) is 0 Å². The standard InChI is InChI=1S/C22H33N3O5/c1-21(2,3)30-20(28)23-11-12-24-17(13-23)14-25(19(24)27)16-9-7-15(8-10-16)22(4,5)18(26)29-6/h7-10,17,20,28H,11-14H2,1-6H3/t17-,20?/m0/s1. The second kappa shape index (κ2) is 8.17. The highest BCUT2D eigenvalue weighted by Crippen LogP contribution is 2.30. The summed E-state index contributed by atoms with van der Waals surface area (Å²) in [5, 5.41) is 10.4. The number of piperazine rings is 1. The summed E-state index contributed by atoms with van der Waals surface area (Å²) in [6.07, 6.45) is -0.990. The van der Waals surface area contributed by atoms with E-state index in [2.05, 4.69) is 0 Å². The Balaban J connectivity index is 1.70. The van der Waals surface area contributed by atoms with Crippen molar-refractivity contribution >= 4 is 17.7 Å². The molecule has 2 aliphatic rings. The molecule has 0 saturated carbocycles. The van der Waals surface area contributed by atoms with Gasteiger partial charge in [0.1, 0.15) is 0 Å². The van der Waals surface area contributed by atoms with Gasteiger partial charge in [0, 0.05) is 31.9 Å². The number of hydrogen-bond donors (Lipinski definition) is 1. The Hall–Kier alpha value is -2.16. The van der Waals surface area contributed by atoms with Crippen molar-refractivity contribution < 1.29 is 24.2 Å². The summed E-state index contributed by atoms with van der Waals surface area (Å²) in [5.41, 5.74) is 0.407. The number of rotatable bonds is 5. The highest BCUT2D eigenvalue weighted by Gasteiger charge is 2.43. The Morgan fingerprint density at radius 1 is 1.10 bits per heavy atom. The molecule has 0 aliphatic carbocycles. The molecule has 1 aromatic carbocycles. The minimum absolute atomic E-state index is 0.0179. The molecule has 2 saturated heterocycles. The first kappa shape index (κ1) is 22.5. The molecule has 0 aromatic heterocycles. The van der Waals surface area contributed by atoms with Crippen molar-refractivity contribution in [2.75, 3.05) is 38.2 Å². The van der Waals surface area contributed by atoms with Crippen LogP contribution in [0.2, 0.25) is 0 Å². The van der Waals surface area contributed by atoms with Gasteiger partial charge in [-0.05, 0) is 52.3 Å². The maximum absolute atomic E-state index is 12.9. The van der Waals surface area contributed by atoms with Gasteiger partial charge in [0.15, 0.2) is 0 Å². The van der Waals surface area contributed by atoms with E-state index in [0.717, 1.165) is 11.3 Å². The van der Waals surface area contributed by atoms with Gasteiger partial charge in [-0.2, -0.15) is 0 Å². The van der Waals surface area contributed by atoms with E-state index in [9.17, 15) is 14.7 Å². The summed E-state index contributed by atoms with van der Waals surface area (Å²) < 4.78 is 10.6. The zero-order valence-electron chi connectivity index (χ0n) is 18.7. The molecule has 3 rings (SSSR count). The number of carbonyl (C=O) groups is 2. The maximum Gasteiger partial charge on any atom is 0.324 e. The Labute approximate surface area is 178 Å². The van der Waals surface area contributed by atoms with E-state index in [-0.39, 0.29) is 18.0 Å². The summed E-state index contributed by atoms with van der Waals surface area (Å²) in [7, 11) is 1.38. The predicted molar refractivity (Wildman–Crippen MR) is 113 cm³/mol. The van der Waals surface area contributed by atoms with E-state index in [4.69, 9.17) is 9.47 Å². The Bertz CT molecular complexity index is 787. The van der Waals surface area contributed by atoms with Crippen LogP contribution in [0.25, 0.3) is 0 Å². The molecular formula is C22H33N3O5. The average Bonchev–Trinajstić information content (AvgIpc) is 3.02. The number of hydrogen-bond acceptors (Lipinski definition) is 6. The van der Waals surface area contributed by atoms with E-state index in [1.807, 2.05) is 68.7 Å². The van der Waals surface area contributed by atoms with Crippen molar-refractivity contribution in [1.29, 1.82) is 0 Å². The number of anilines is 1. The minimum Gasteiger partial charge on any atom is -0.468 e. The van der Waals surface area contributed by atoms with Crippen LogP contribution in [0.15, 0.2) is 24.3 Å². The molecule has 1 aromatic rings. The first-order valence-corrected chi connectivity index (χ1v) is 10.3. The molecule has 2 atom stereocenters. The molecule has 30 heavy (non-hydrogen) atoms. The van der Waals surface area contributed by atoms with E-state index in [1.165, 1.54) is 7.11 Å². The Kier molecular flexibility index (Phi) is 6.13. The lowest BCUT2D eigenvalue weighted by Crippen LogP contribution is -2.56. The Morgan fingerprint density at radius 2 is 1.73 bits per heavy atom. The number of methoxy groups -OCH3 is 1. The largest absolute Gasteiger partial charge is 0.468 e. The van der Waals surface area contributed by atoms with Crippen LogP contribution in [0.5, 0.6) is 0 Å². The summed E-state index contributed by atoms with van der Waals surface area (Å²) in [6, 6.07) is 7.41. The van der Waals surface area contributed by atoms with Crippen molar-refractivity contribution in [2.24, 2.45) is 0 Å². The van der Waals surface area contributed by atoms with Gasteiger partial charge in [-0.25, -0.2) is 4.79 Å². The number of ether oxygens (including phenoxy) is 2. The highest BCUT2D eigenvalue weighted by atomic mass is 16.6. The van der Waals surface area contributed by atoms with E-state index in [1.54, 1.807) is 4.90 Å². The van der Waals surface area contributed by atoms with Crippen LogP contribution in [-0.4, -0.2) is 78.3 Å². The second-order valence-corrected chi connectivity index (χ2v) is 9.46. The molecule has 8 heteroatoms. The summed E-state index contributed by atoms with van der Waals surface area (Å²) in [4.78, 5) is 30.5. The smallest absolute Gasteiger partial charge is 0.324 e. The summed E-state index contributed by atoms with van der Waals surface area (Å²) >= 11 is 0. The molecule has 8 nitrogen and oxygen atoms in total. The lowest BCUT2D eigenvalue weighted by Gasteiger charge is -2.40. The predicted octanol–water partition coefficient (Wildman–Crippen LogP) is 2.15. The maximum atomic E-state index is 12.9. The zero-order valence-corrected chi connectivity index (χ0v) is 18.7. The van der Waals surface area contributed by atoms with Gasteiger partial charge in [0.25, 0.3) is 0 Å². The topological polar surface area (TPSA) is 82.6 Å². The molecule has 2 heterocycles. The third-order valence-corrected chi connectivity index (χ3v) is 5.75. The number of aliphatic hydroxyl groups is 1. The molecule has 0 radical (unpaired) electrons. The van der Waals surface area contributed by atoms with Crippen LogP contribution in [-0.2, 0) is 19.7 Å². The molecular weight excluding hydrogens is 386 g/mol. The lowest BCUT2D eigenvalue weighted by atomic mass is 9.84. The van der Waals surface area contributed by atoms with Gasteiger partial charge in [0.05, 0.1) is 24.2 Å². The molecule has 0 bridgehead atoms. The van der Waals surface area contributed by atoms with Crippen molar-refractivity contribution in [1.82, 2.24) is 9.80 Å².